The molecule has 0 bridgehead atoms. The van der Waals surface area contributed by atoms with Crippen molar-refractivity contribution < 1.29 is 18.7 Å². The molecule has 2 rings (SSSR count). The van der Waals surface area contributed by atoms with Gasteiger partial charge in [0.15, 0.2) is 6.10 Å². The molecule has 0 saturated heterocycles. The van der Waals surface area contributed by atoms with Gasteiger partial charge in [-0.3, -0.25) is 4.79 Å². The molecule has 0 heterocycles. The molecule has 4 nitrogen and oxygen atoms in total. The molecule has 0 unspecified atom stereocenters. The molecule has 5 heteroatoms. The maximum atomic E-state index is 12.9. The molecule has 0 saturated carbocycles. The van der Waals surface area contributed by atoms with E-state index in [1.807, 2.05) is 32.9 Å². The number of halogens is 1. The average molecular weight is 331 g/mol. The van der Waals surface area contributed by atoms with Gasteiger partial charge in [0, 0.05) is 11.8 Å². The van der Waals surface area contributed by atoms with E-state index in [-0.39, 0.29) is 17.8 Å². The Morgan fingerprint density at radius 2 is 1.79 bits per heavy atom. The summed E-state index contributed by atoms with van der Waals surface area (Å²) in [5.41, 5.74) is 0.638. The predicted octanol–water partition coefficient (Wildman–Crippen LogP) is 4.41. The van der Waals surface area contributed by atoms with Gasteiger partial charge in [-0.25, -0.2) is 4.39 Å². The zero-order chi connectivity index (χ0) is 17.5. The molecule has 0 aliphatic carbocycles. The highest BCUT2D eigenvalue weighted by Crippen LogP contribution is 2.20. The number of carbonyl (C=O) groups is 1. The Kier molecular flexibility index (Phi) is 6.18. The first kappa shape index (κ1) is 17.8. The highest BCUT2D eigenvalue weighted by molar-refractivity contribution is 5.94. The molecular formula is C19H22FNO3. The van der Waals surface area contributed by atoms with E-state index >= 15 is 0 Å². The molecule has 1 N–H and O–H groups in total. The van der Waals surface area contributed by atoms with Crippen LogP contribution in [0.15, 0.2) is 48.5 Å². The highest BCUT2D eigenvalue weighted by Gasteiger charge is 2.18. The quantitative estimate of drug-likeness (QED) is 0.817. The van der Waals surface area contributed by atoms with Gasteiger partial charge in [-0.05, 0) is 56.7 Å². The Morgan fingerprint density at radius 3 is 2.42 bits per heavy atom. The fourth-order valence-corrected chi connectivity index (χ4v) is 2.14. The summed E-state index contributed by atoms with van der Waals surface area (Å²) in [6.45, 7) is 5.73. The van der Waals surface area contributed by atoms with Crippen molar-refractivity contribution in [1.82, 2.24) is 0 Å². The van der Waals surface area contributed by atoms with Gasteiger partial charge >= 0.3 is 0 Å². The largest absolute Gasteiger partial charge is 0.491 e. The van der Waals surface area contributed by atoms with E-state index in [0.29, 0.717) is 23.6 Å². The van der Waals surface area contributed by atoms with Crippen LogP contribution in [-0.2, 0) is 4.79 Å². The summed E-state index contributed by atoms with van der Waals surface area (Å²) >= 11 is 0. The van der Waals surface area contributed by atoms with E-state index in [9.17, 15) is 9.18 Å². The number of hydrogen-bond acceptors (Lipinski definition) is 3. The van der Waals surface area contributed by atoms with Crippen molar-refractivity contribution >= 4 is 11.6 Å². The van der Waals surface area contributed by atoms with Crippen LogP contribution in [0.1, 0.15) is 27.2 Å². The summed E-state index contributed by atoms with van der Waals surface area (Å²) < 4.78 is 24.2. The number of carbonyl (C=O) groups excluding carboxylic acids is 1. The van der Waals surface area contributed by atoms with E-state index in [2.05, 4.69) is 5.32 Å². The predicted molar refractivity (Wildman–Crippen MR) is 91.9 cm³/mol. The van der Waals surface area contributed by atoms with Crippen LogP contribution in [0.25, 0.3) is 0 Å². The van der Waals surface area contributed by atoms with Crippen molar-refractivity contribution in [2.24, 2.45) is 0 Å². The smallest absolute Gasteiger partial charge is 0.265 e. The first-order chi connectivity index (χ1) is 11.5. The second-order valence-corrected chi connectivity index (χ2v) is 5.65. The maximum Gasteiger partial charge on any atom is 0.265 e. The molecular weight excluding hydrogens is 309 g/mol. The van der Waals surface area contributed by atoms with Crippen molar-refractivity contribution in [1.29, 1.82) is 0 Å². The molecule has 1 atom stereocenters. The molecule has 0 radical (unpaired) electrons. The van der Waals surface area contributed by atoms with Crippen LogP contribution in [0.5, 0.6) is 11.5 Å². The number of nitrogens with one attached hydrogen (secondary N) is 1. The lowest BCUT2D eigenvalue weighted by Crippen LogP contribution is -2.32. The Balaban J connectivity index is 2.02. The Labute approximate surface area is 141 Å². The fourth-order valence-electron chi connectivity index (χ4n) is 2.14. The molecule has 2 aromatic rings. The lowest BCUT2D eigenvalue weighted by molar-refractivity contribution is -0.122. The second-order valence-electron chi connectivity index (χ2n) is 5.65. The molecule has 2 aromatic carbocycles. The first-order valence-electron chi connectivity index (χ1n) is 7.97. The van der Waals surface area contributed by atoms with Gasteiger partial charge in [0.05, 0.1) is 6.10 Å². The molecule has 0 aromatic heterocycles. The molecule has 1 amide bonds. The van der Waals surface area contributed by atoms with Crippen LogP contribution in [-0.4, -0.2) is 18.1 Å². The number of rotatable bonds is 7. The Hall–Kier alpha value is -2.56. The maximum absolute atomic E-state index is 12.9. The lowest BCUT2D eigenvalue weighted by atomic mass is 10.2. The van der Waals surface area contributed by atoms with Gasteiger partial charge in [-0.2, -0.15) is 0 Å². The van der Waals surface area contributed by atoms with Gasteiger partial charge in [0.25, 0.3) is 5.91 Å². The SMILES string of the molecule is CC[C@H](Oc1ccc(F)cc1)C(=O)Nc1cccc(OC(C)C)c1. The molecule has 0 aliphatic rings. The fraction of sp³-hybridized carbons (Fsp3) is 0.316. The summed E-state index contributed by atoms with van der Waals surface area (Å²) in [4.78, 5) is 12.4. The number of amides is 1. The third kappa shape index (κ3) is 5.26. The van der Waals surface area contributed by atoms with E-state index in [1.54, 1.807) is 12.1 Å². The van der Waals surface area contributed by atoms with Crippen LogP contribution in [0, 0.1) is 5.82 Å². The lowest BCUT2D eigenvalue weighted by Gasteiger charge is -2.18. The summed E-state index contributed by atoms with van der Waals surface area (Å²) in [5, 5.41) is 2.82. The summed E-state index contributed by atoms with van der Waals surface area (Å²) in [5.74, 6) is 0.538. The summed E-state index contributed by atoms with van der Waals surface area (Å²) in [7, 11) is 0. The monoisotopic (exact) mass is 331 g/mol. The van der Waals surface area contributed by atoms with Crippen molar-refractivity contribution in [3.05, 3.63) is 54.3 Å². The van der Waals surface area contributed by atoms with Gasteiger partial charge in [-0.15, -0.1) is 0 Å². The summed E-state index contributed by atoms with van der Waals surface area (Å²) in [6, 6.07) is 12.8. The minimum Gasteiger partial charge on any atom is -0.491 e. The number of anilines is 1. The van der Waals surface area contributed by atoms with Crippen molar-refractivity contribution in [2.45, 2.75) is 39.4 Å². The molecule has 0 spiro atoms. The third-order valence-corrected chi connectivity index (χ3v) is 3.23. The van der Waals surface area contributed by atoms with Crippen molar-refractivity contribution in [2.75, 3.05) is 5.32 Å². The summed E-state index contributed by atoms with van der Waals surface area (Å²) in [6.07, 6.45) is -0.114. The Morgan fingerprint density at radius 1 is 1.08 bits per heavy atom. The molecule has 24 heavy (non-hydrogen) atoms. The van der Waals surface area contributed by atoms with Gasteiger partial charge < -0.3 is 14.8 Å². The van der Waals surface area contributed by atoms with Crippen LogP contribution in [0.3, 0.4) is 0 Å². The van der Waals surface area contributed by atoms with Crippen LogP contribution in [0.2, 0.25) is 0 Å². The Bertz CT molecular complexity index is 671. The standard InChI is InChI=1S/C19H22FNO3/c1-4-18(24-16-10-8-14(20)9-11-16)19(22)21-15-6-5-7-17(12-15)23-13(2)3/h5-13,18H,4H2,1-3H3,(H,21,22)/t18-/m0/s1. The van der Waals surface area contributed by atoms with Crippen LogP contribution >= 0.6 is 0 Å². The number of hydrogen-bond donors (Lipinski definition) is 1. The van der Waals surface area contributed by atoms with Crippen molar-refractivity contribution in [3.8, 4) is 11.5 Å². The zero-order valence-corrected chi connectivity index (χ0v) is 14.1. The zero-order valence-electron chi connectivity index (χ0n) is 14.1. The van der Waals surface area contributed by atoms with Crippen LogP contribution in [0.4, 0.5) is 10.1 Å². The second kappa shape index (κ2) is 8.34. The third-order valence-electron chi connectivity index (χ3n) is 3.23. The van der Waals surface area contributed by atoms with E-state index in [4.69, 9.17) is 9.47 Å². The number of ether oxygens (including phenoxy) is 2. The molecule has 0 aliphatic heterocycles. The van der Waals surface area contributed by atoms with Crippen LogP contribution < -0.4 is 14.8 Å². The normalized spacial score (nSPS) is 11.9. The van der Waals surface area contributed by atoms with E-state index in [1.165, 1.54) is 24.3 Å². The van der Waals surface area contributed by atoms with E-state index < -0.39 is 6.10 Å². The molecule has 0 fully saturated rings. The minimum atomic E-state index is -0.662. The first-order valence-corrected chi connectivity index (χ1v) is 7.97. The average Bonchev–Trinajstić information content (AvgIpc) is 2.54. The topological polar surface area (TPSA) is 47.6 Å². The van der Waals surface area contributed by atoms with Crippen molar-refractivity contribution in [3.63, 3.8) is 0 Å². The van der Waals surface area contributed by atoms with Gasteiger partial charge in [0.2, 0.25) is 0 Å². The van der Waals surface area contributed by atoms with Gasteiger partial charge in [0.1, 0.15) is 17.3 Å². The molecule has 128 valence electrons. The minimum absolute atomic E-state index is 0.0566. The van der Waals surface area contributed by atoms with Gasteiger partial charge in [-0.1, -0.05) is 13.0 Å². The number of benzene rings is 2. The highest BCUT2D eigenvalue weighted by atomic mass is 19.1. The van der Waals surface area contributed by atoms with E-state index in [0.717, 1.165) is 0 Å².